The quantitative estimate of drug-likeness (QED) is 0.659. The molecule has 1 rings (SSSR count). The Labute approximate surface area is 77.9 Å². The first-order chi connectivity index (χ1) is 5.70. The molecule has 1 atom stereocenters. The van der Waals surface area contributed by atoms with Crippen LogP contribution in [0.4, 0.5) is 0 Å². The molecule has 66 valence electrons. The molecule has 3 nitrogen and oxygen atoms in total. The van der Waals surface area contributed by atoms with E-state index in [-0.39, 0.29) is 0 Å². The molecule has 0 N–H and O–H groups in total. The smallest absolute Gasteiger partial charge is 0.288 e. The normalized spacial score (nSPS) is 13.3. The van der Waals surface area contributed by atoms with Gasteiger partial charge in [0.05, 0.1) is 0 Å². The van der Waals surface area contributed by atoms with Gasteiger partial charge in [-0.3, -0.25) is 0 Å². The molecule has 0 aliphatic heterocycles. The molecule has 5 heteroatoms. The van der Waals surface area contributed by atoms with Crippen LogP contribution in [0.3, 0.4) is 0 Å². The first kappa shape index (κ1) is 9.77. The lowest BCUT2D eigenvalue weighted by Gasteiger charge is -2.01. The Balaban J connectivity index is 2.59. The molecule has 1 aromatic carbocycles. The Kier molecular flexibility index (Phi) is 3.78. The van der Waals surface area contributed by atoms with Gasteiger partial charge in [-0.1, -0.05) is 41.9 Å². The maximum absolute atomic E-state index is 10.0. The molecule has 0 aliphatic rings. The van der Waals surface area contributed by atoms with Crippen molar-refractivity contribution in [2.45, 2.75) is 5.56 Å². The van der Waals surface area contributed by atoms with E-state index in [1.54, 1.807) is 30.3 Å². The molecule has 0 saturated carbocycles. The van der Waals surface area contributed by atoms with E-state index in [1.165, 1.54) is 0 Å². The fourth-order valence-electron chi connectivity index (χ4n) is 0.720. The maximum Gasteiger partial charge on any atom is 0.288 e. The molecule has 0 fully saturated rings. The van der Waals surface area contributed by atoms with E-state index < -0.39 is 16.3 Å². The zero-order chi connectivity index (χ0) is 8.97. The summed E-state index contributed by atoms with van der Waals surface area (Å²) >= 11 is 5.58. The van der Waals surface area contributed by atoms with E-state index in [0.29, 0.717) is 5.56 Å². The molecule has 1 aromatic rings. The molecule has 0 heterocycles. The monoisotopic (exact) mass is 208 g/mol. The van der Waals surface area contributed by atoms with Crippen LogP contribution < -0.4 is 9.32 Å². The summed E-state index contributed by atoms with van der Waals surface area (Å²) in [6.07, 6.45) is 0. The van der Waals surface area contributed by atoms with Gasteiger partial charge in [0.15, 0.2) is 0 Å². The average molecular weight is 209 g/mol. The van der Waals surface area contributed by atoms with E-state index in [2.05, 4.69) is 4.29 Å². The third kappa shape index (κ3) is 2.97. The van der Waals surface area contributed by atoms with Gasteiger partial charge < -0.3 is 9.32 Å². The van der Waals surface area contributed by atoms with Gasteiger partial charge in [0.2, 0.25) is 0 Å². The molecule has 0 aliphatic carbocycles. The lowest BCUT2D eigenvalue weighted by atomic mass is 10.2. The number of rotatable bonds is 3. The predicted molar refractivity (Wildman–Crippen MR) is 36.1 cm³/mol. The van der Waals surface area contributed by atoms with Gasteiger partial charge in [-0.25, -0.2) is 0 Å². The molecular formula is C7H6Cl2O3. The highest BCUT2D eigenvalue weighted by molar-refractivity contribution is 6.19. The first-order valence-electron chi connectivity index (χ1n) is 3.12. The van der Waals surface area contributed by atoms with Crippen molar-refractivity contribution in [3.63, 3.8) is 0 Å². The van der Waals surface area contributed by atoms with Crippen molar-refractivity contribution in [2.24, 2.45) is 0 Å². The highest BCUT2D eigenvalue weighted by Gasteiger charge is 2.20. The van der Waals surface area contributed by atoms with Crippen LogP contribution in [-0.2, 0) is 4.29 Å². The van der Waals surface area contributed by atoms with Crippen LogP contribution in [0.25, 0.3) is 0 Å². The van der Waals surface area contributed by atoms with Gasteiger partial charge in [0, 0.05) is 9.85 Å². The summed E-state index contributed by atoms with van der Waals surface area (Å²) in [4.78, 5) is 0. The Morgan fingerprint density at radius 3 is 2.33 bits per heavy atom. The minimum atomic E-state index is -2.26. The van der Waals surface area contributed by atoms with Crippen LogP contribution in [0.5, 0.6) is 0 Å². The molecule has 0 spiro atoms. The van der Waals surface area contributed by atoms with Crippen LogP contribution in [0, 0.1) is 10.8 Å². The van der Waals surface area contributed by atoms with Crippen molar-refractivity contribution in [3.8, 4) is 0 Å². The minimum absolute atomic E-state index is 0.605. The summed E-state index contributed by atoms with van der Waals surface area (Å²) in [6.45, 7) is 0. The summed E-state index contributed by atoms with van der Waals surface area (Å²) in [7, 11) is -2.26. The number of hydrogen-bond acceptors (Lipinski definition) is 3. The fraction of sp³-hybridized carbons (Fsp3) is 0.143. The zero-order valence-corrected chi connectivity index (χ0v) is 7.46. The third-order valence-electron chi connectivity index (χ3n) is 1.21. The second-order valence-corrected chi connectivity index (χ2v) is 2.96. The van der Waals surface area contributed by atoms with E-state index in [9.17, 15) is 9.32 Å². The van der Waals surface area contributed by atoms with Crippen molar-refractivity contribution in [1.82, 2.24) is 0 Å². The van der Waals surface area contributed by atoms with Crippen molar-refractivity contribution >= 4 is 11.6 Å². The van der Waals surface area contributed by atoms with Gasteiger partial charge in [-0.15, -0.1) is 0 Å². The van der Waals surface area contributed by atoms with Gasteiger partial charge in [0.1, 0.15) is 0 Å². The molecule has 0 bridgehead atoms. The van der Waals surface area contributed by atoms with Crippen molar-refractivity contribution in [1.29, 1.82) is 0 Å². The van der Waals surface area contributed by atoms with E-state index >= 15 is 0 Å². The fourth-order valence-corrected chi connectivity index (χ4v) is 1.26. The molecule has 1 unspecified atom stereocenters. The van der Waals surface area contributed by atoms with Crippen LogP contribution in [0.1, 0.15) is 11.1 Å². The van der Waals surface area contributed by atoms with E-state index in [4.69, 9.17) is 11.6 Å². The Morgan fingerprint density at radius 2 is 1.83 bits per heavy atom. The second kappa shape index (κ2) is 4.64. The number of alkyl halides is 1. The Morgan fingerprint density at radius 1 is 1.25 bits per heavy atom. The predicted octanol–water partition coefficient (Wildman–Crippen LogP) is 0.0269. The third-order valence-corrected chi connectivity index (χ3v) is 1.97. The molecular weight excluding hydrogens is 203 g/mol. The van der Waals surface area contributed by atoms with Crippen molar-refractivity contribution < 1.29 is 24.4 Å². The topological polar surface area (TPSA) is 55.3 Å². The van der Waals surface area contributed by atoms with Crippen LogP contribution >= 0.6 is 11.6 Å². The standard InChI is InChI=1S/C7H6Cl2O3/c8-7(12-9(10)11)6-4-2-1-3-5-6/h1-5,7H. The summed E-state index contributed by atoms with van der Waals surface area (Å²) in [6, 6.07) is 8.66. The number of halogens is 2. The molecule has 12 heavy (non-hydrogen) atoms. The number of hydrogen-bond donors (Lipinski definition) is 0. The summed E-state index contributed by atoms with van der Waals surface area (Å²) in [5.74, 6) is 0. The average Bonchev–Trinajstić information content (AvgIpc) is 2.05. The summed E-state index contributed by atoms with van der Waals surface area (Å²) in [5, 5.41) is 0. The van der Waals surface area contributed by atoms with Crippen molar-refractivity contribution in [2.75, 3.05) is 0 Å². The van der Waals surface area contributed by atoms with Crippen LogP contribution in [0.2, 0.25) is 0 Å². The second-order valence-electron chi connectivity index (χ2n) is 2.00. The Bertz CT molecular complexity index is 227. The maximum atomic E-state index is 10.0. The molecule has 0 aromatic heterocycles. The SMILES string of the molecule is [O-][Cl+2]([O-])OC(Cl)c1ccccc1. The zero-order valence-electron chi connectivity index (χ0n) is 5.94. The molecule has 0 radical (unpaired) electrons. The molecule has 0 saturated heterocycles. The van der Waals surface area contributed by atoms with Gasteiger partial charge in [-0.05, 0) is 0 Å². The minimum Gasteiger partial charge on any atom is -0.320 e. The van der Waals surface area contributed by atoms with Gasteiger partial charge >= 0.3 is 0 Å². The summed E-state index contributed by atoms with van der Waals surface area (Å²) < 4.78 is 24.4. The lowest BCUT2D eigenvalue weighted by molar-refractivity contribution is -1.63. The van der Waals surface area contributed by atoms with E-state index in [0.717, 1.165) is 0 Å². The lowest BCUT2D eigenvalue weighted by Crippen LogP contribution is -2.34. The summed E-state index contributed by atoms with van der Waals surface area (Å²) in [5.41, 5.74) is -0.352. The Hall–Kier alpha value is -0.320. The van der Waals surface area contributed by atoms with Gasteiger partial charge in [-0.2, -0.15) is 0 Å². The number of benzene rings is 1. The highest BCUT2D eigenvalue weighted by atomic mass is 35.6. The van der Waals surface area contributed by atoms with Gasteiger partial charge in [0.25, 0.3) is 16.3 Å². The van der Waals surface area contributed by atoms with E-state index in [1.807, 2.05) is 0 Å². The molecule has 0 amide bonds. The van der Waals surface area contributed by atoms with Crippen molar-refractivity contribution in [3.05, 3.63) is 35.9 Å². The largest absolute Gasteiger partial charge is 0.320 e. The van der Waals surface area contributed by atoms with Crippen LogP contribution in [0.15, 0.2) is 30.3 Å². The first-order valence-corrected chi connectivity index (χ1v) is 4.48. The van der Waals surface area contributed by atoms with Crippen LogP contribution in [-0.4, -0.2) is 0 Å². The highest BCUT2D eigenvalue weighted by Crippen LogP contribution is 2.21.